The molecular weight excluding hydrogens is 320 g/mol. The molecule has 3 N–H and O–H groups in total. The maximum absolute atomic E-state index is 12.2. The van der Waals surface area contributed by atoms with Gasteiger partial charge in [0.1, 0.15) is 5.65 Å². The fourth-order valence-corrected chi connectivity index (χ4v) is 2.44. The first-order valence-electron chi connectivity index (χ1n) is 8.54. The molecule has 1 amide bonds. The number of amides is 1. The van der Waals surface area contributed by atoms with Crippen LogP contribution in [-0.4, -0.2) is 38.4 Å². The highest BCUT2D eigenvalue weighted by atomic mass is 16.3. The summed E-state index contributed by atoms with van der Waals surface area (Å²) in [6, 6.07) is 1.85. The number of hydrogen-bond acceptors (Lipinski definition) is 4. The van der Waals surface area contributed by atoms with Crippen LogP contribution in [0.15, 0.2) is 23.1 Å². The van der Waals surface area contributed by atoms with Gasteiger partial charge in [0.05, 0.1) is 12.3 Å². The Morgan fingerprint density at radius 3 is 2.76 bits per heavy atom. The molecule has 0 spiro atoms. The summed E-state index contributed by atoms with van der Waals surface area (Å²) in [5.74, 6) is -0.141. The van der Waals surface area contributed by atoms with Crippen molar-refractivity contribution in [2.45, 2.75) is 46.3 Å². The number of nitrogens with one attached hydrogen (secondary N) is 2. The van der Waals surface area contributed by atoms with Crippen LogP contribution in [0.2, 0.25) is 0 Å². The molecule has 0 aliphatic rings. The van der Waals surface area contributed by atoms with Crippen LogP contribution >= 0.6 is 0 Å². The summed E-state index contributed by atoms with van der Waals surface area (Å²) in [6.45, 7) is 8.21. The van der Waals surface area contributed by atoms with Gasteiger partial charge in [-0.1, -0.05) is 13.8 Å². The van der Waals surface area contributed by atoms with Crippen molar-refractivity contribution < 1.29 is 9.90 Å². The molecule has 0 radical (unpaired) electrons. The number of fused-ring (bicyclic) bond motifs is 1. The molecule has 2 rings (SSSR count). The van der Waals surface area contributed by atoms with E-state index in [1.165, 1.54) is 12.2 Å². The first kappa shape index (κ1) is 18.9. The Bertz CT molecular complexity index is 817. The summed E-state index contributed by atoms with van der Waals surface area (Å²) in [5.41, 5.74) is 0.798. The van der Waals surface area contributed by atoms with Gasteiger partial charge in [-0.05, 0) is 38.3 Å². The maximum Gasteiger partial charge on any atom is 0.256 e. The molecule has 1 atom stereocenters. The van der Waals surface area contributed by atoms with Crippen LogP contribution in [0.1, 0.15) is 45.7 Å². The second-order valence-corrected chi connectivity index (χ2v) is 6.77. The quantitative estimate of drug-likeness (QED) is 0.666. The van der Waals surface area contributed by atoms with E-state index in [4.69, 9.17) is 0 Å². The average molecular weight is 346 g/mol. The molecular formula is C18H26N4O3. The Kier molecular flexibility index (Phi) is 6.14. The van der Waals surface area contributed by atoms with E-state index in [9.17, 15) is 14.7 Å². The van der Waals surface area contributed by atoms with Gasteiger partial charge in [0, 0.05) is 29.6 Å². The fraction of sp³-hybridized carbons (Fsp3) is 0.500. The van der Waals surface area contributed by atoms with Crippen LogP contribution in [0.5, 0.6) is 0 Å². The Hall–Kier alpha value is -2.41. The minimum Gasteiger partial charge on any atom is -0.393 e. The van der Waals surface area contributed by atoms with Gasteiger partial charge >= 0.3 is 0 Å². The number of pyridine rings is 1. The molecule has 2 aromatic heterocycles. The smallest absolute Gasteiger partial charge is 0.256 e. The highest BCUT2D eigenvalue weighted by molar-refractivity contribution is 5.92. The van der Waals surface area contributed by atoms with E-state index in [2.05, 4.69) is 15.4 Å². The van der Waals surface area contributed by atoms with Gasteiger partial charge in [-0.15, -0.1) is 0 Å². The summed E-state index contributed by atoms with van der Waals surface area (Å²) in [5, 5.41) is 17.5. The third-order valence-electron chi connectivity index (χ3n) is 4.04. The van der Waals surface area contributed by atoms with Gasteiger partial charge in [0.2, 0.25) is 5.91 Å². The van der Waals surface area contributed by atoms with Gasteiger partial charge in [-0.2, -0.15) is 5.10 Å². The van der Waals surface area contributed by atoms with Crippen molar-refractivity contribution in [3.05, 3.63) is 34.3 Å². The lowest BCUT2D eigenvalue weighted by Gasteiger charge is -2.13. The van der Waals surface area contributed by atoms with Crippen LogP contribution in [0.25, 0.3) is 17.1 Å². The van der Waals surface area contributed by atoms with Crippen molar-refractivity contribution in [3.8, 4) is 0 Å². The Morgan fingerprint density at radius 2 is 2.12 bits per heavy atom. The molecule has 136 valence electrons. The molecule has 25 heavy (non-hydrogen) atoms. The molecule has 0 aliphatic carbocycles. The minimum atomic E-state index is -0.438. The zero-order chi connectivity index (χ0) is 18.6. The number of carbonyl (C=O) groups is 1. The Morgan fingerprint density at radius 1 is 1.40 bits per heavy atom. The molecule has 7 heteroatoms. The molecule has 0 fully saturated rings. The molecule has 1 unspecified atom stereocenters. The zero-order valence-corrected chi connectivity index (χ0v) is 15.1. The van der Waals surface area contributed by atoms with Gasteiger partial charge in [0.15, 0.2) is 0 Å². The van der Waals surface area contributed by atoms with Crippen LogP contribution < -0.4 is 10.9 Å². The fourth-order valence-electron chi connectivity index (χ4n) is 2.44. The van der Waals surface area contributed by atoms with Crippen molar-refractivity contribution in [2.75, 3.05) is 6.54 Å². The second-order valence-electron chi connectivity index (χ2n) is 6.77. The highest BCUT2D eigenvalue weighted by Crippen LogP contribution is 2.15. The number of carbonyl (C=O) groups excluding carboxylic acids is 1. The predicted octanol–water partition coefficient (Wildman–Crippen LogP) is 1.84. The van der Waals surface area contributed by atoms with Crippen LogP contribution in [-0.2, 0) is 4.79 Å². The van der Waals surface area contributed by atoms with E-state index in [0.717, 1.165) is 5.39 Å². The Labute approximate surface area is 146 Å². The van der Waals surface area contributed by atoms with E-state index < -0.39 is 6.10 Å². The standard InChI is InChI=1S/C18H26N4O3/c1-11(2)15(23)7-8-19-16(24)6-5-13-9-14-10-20-22(12(3)4)17(14)21-18(13)25/h5-6,9-12,15,23H,7-8H2,1-4H3,(H,19,24)(H,21,25). The van der Waals surface area contributed by atoms with E-state index in [1.54, 1.807) is 16.9 Å². The lowest BCUT2D eigenvalue weighted by molar-refractivity contribution is -0.116. The monoisotopic (exact) mass is 346 g/mol. The summed E-state index contributed by atoms with van der Waals surface area (Å²) in [7, 11) is 0. The molecule has 0 aliphatic heterocycles. The molecule has 7 nitrogen and oxygen atoms in total. The van der Waals surface area contributed by atoms with E-state index in [0.29, 0.717) is 24.2 Å². The lowest BCUT2D eigenvalue weighted by atomic mass is 10.0. The van der Waals surface area contributed by atoms with Crippen LogP contribution in [0, 0.1) is 5.92 Å². The number of aliphatic hydroxyl groups excluding tert-OH is 1. The van der Waals surface area contributed by atoms with Crippen molar-refractivity contribution in [1.82, 2.24) is 20.1 Å². The summed E-state index contributed by atoms with van der Waals surface area (Å²) < 4.78 is 1.75. The van der Waals surface area contributed by atoms with Gasteiger partial charge in [-0.25, -0.2) is 4.68 Å². The number of H-pyrrole nitrogens is 1. The number of rotatable bonds is 7. The molecule has 2 heterocycles. The lowest BCUT2D eigenvalue weighted by Crippen LogP contribution is -2.27. The largest absolute Gasteiger partial charge is 0.393 e. The summed E-state index contributed by atoms with van der Waals surface area (Å²) >= 11 is 0. The summed E-state index contributed by atoms with van der Waals surface area (Å²) in [4.78, 5) is 26.8. The number of nitrogens with zero attached hydrogens (tertiary/aromatic N) is 2. The van der Waals surface area contributed by atoms with E-state index in [1.807, 2.05) is 27.7 Å². The van der Waals surface area contributed by atoms with Crippen LogP contribution in [0.4, 0.5) is 0 Å². The topological polar surface area (TPSA) is 100 Å². The predicted molar refractivity (Wildman–Crippen MR) is 98.2 cm³/mol. The highest BCUT2D eigenvalue weighted by Gasteiger charge is 2.10. The zero-order valence-electron chi connectivity index (χ0n) is 15.1. The van der Waals surface area contributed by atoms with Crippen molar-refractivity contribution in [2.24, 2.45) is 5.92 Å². The molecule has 0 saturated heterocycles. The van der Waals surface area contributed by atoms with Gasteiger partial charge < -0.3 is 15.4 Å². The number of hydrogen-bond donors (Lipinski definition) is 3. The normalized spacial score (nSPS) is 13.2. The van der Waals surface area contributed by atoms with Gasteiger partial charge in [-0.3, -0.25) is 9.59 Å². The second kappa shape index (κ2) is 8.11. The molecule has 0 aromatic carbocycles. The number of aromatic amines is 1. The average Bonchev–Trinajstić information content (AvgIpc) is 2.95. The molecule has 0 bridgehead atoms. The first-order valence-corrected chi connectivity index (χ1v) is 8.54. The van der Waals surface area contributed by atoms with Crippen molar-refractivity contribution >= 4 is 23.0 Å². The number of aliphatic hydroxyl groups is 1. The molecule has 0 saturated carbocycles. The van der Waals surface area contributed by atoms with Gasteiger partial charge in [0.25, 0.3) is 5.56 Å². The SMILES string of the molecule is CC(C)C(O)CCNC(=O)C=Cc1cc2cnn(C(C)C)c2[nH]c1=O. The van der Waals surface area contributed by atoms with E-state index in [-0.39, 0.29) is 23.4 Å². The van der Waals surface area contributed by atoms with Crippen molar-refractivity contribution in [3.63, 3.8) is 0 Å². The van der Waals surface area contributed by atoms with Crippen molar-refractivity contribution in [1.29, 1.82) is 0 Å². The third-order valence-corrected chi connectivity index (χ3v) is 4.04. The maximum atomic E-state index is 12.2. The van der Waals surface area contributed by atoms with E-state index >= 15 is 0 Å². The first-order chi connectivity index (χ1) is 11.8. The third kappa shape index (κ3) is 4.79. The Balaban J connectivity index is 2.04. The van der Waals surface area contributed by atoms with Crippen LogP contribution in [0.3, 0.4) is 0 Å². The number of aromatic nitrogens is 3. The summed E-state index contributed by atoms with van der Waals surface area (Å²) in [6.07, 6.45) is 4.56. The molecule has 2 aromatic rings. The minimum absolute atomic E-state index is 0.140.